The summed E-state index contributed by atoms with van der Waals surface area (Å²) in [7, 11) is 10.3. The number of rotatable bonds is 10. The number of nitrogens with two attached hydrogens (primary N) is 1. The van der Waals surface area contributed by atoms with E-state index in [0.717, 1.165) is 22.5 Å². The van der Waals surface area contributed by atoms with E-state index >= 15 is 0 Å². The maximum absolute atomic E-state index is 6.53. The maximum Gasteiger partial charge on any atom is 0.229 e. The van der Waals surface area contributed by atoms with Gasteiger partial charge in [0.1, 0.15) is 37.4 Å². The molecule has 0 bridgehead atoms. The molecule has 0 spiro atoms. The second kappa shape index (κ2) is 21.9. The molecule has 8 heterocycles. The first kappa shape index (κ1) is 49.6. The van der Waals surface area contributed by atoms with Crippen LogP contribution in [-0.2, 0) is 0 Å². The van der Waals surface area contributed by atoms with Crippen molar-refractivity contribution in [3.8, 4) is 46.1 Å². The molecule has 2 atom stereocenters. The van der Waals surface area contributed by atoms with Crippen LogP contribution in [0.3, 0.4) is 0 Å². The van der Waals surface area contributed by atoms with Gasteiger partial charge in [-0.3, -0.25) is 9.13 Å². The summed E-state index contributed by atoms with van der Waals surface area (Å²) in [6.07, 6.45) is 13.7. The zero-order valence-corrected chi connectivity index (χ0v) is 42.1. The van der Waals surface area contributed by atoms with Gasteiger partial charge in [-0.2, -0.15) is 9.97 Å². The summed E-state index contributed by atoms with van der Waals surface area (Å²) in [6, 6.07) is 14.6. The number of aromatic nitrogens is 10. The monoisotopic (exact) mass is 1020 g/mol. The quantitative estimate of drug-likeness (QED) is 0.122. The molecule has 2 aromatic carbocycles. The second-order valence-corrected chi connectivity index (χ2v) is 17.0. The summed E-state index contributed by atoms with van der Waals surface area (Å²) in [6.45, 7) is 4.71. The summed E-state index contributed by atoms with van der Waals surface area (Å²) in [5.41, 5.74) is 10.6. The van der Waals surface area contributed by atoms with Crippen LogP contribution in [0.1, 0.15) is 34.6 Å². The lowest BCUT2D eigenvalue weighted by Gasteiger charge is -2.35. The predicted octanol–water partition coefficient (Wildman–Crippen LogP) is 8.88. The number of nitrogens with zero attached hydrogens (tertiary/aromatic N) is 12. The van der Waals surface area contributed by atoms with Crippen molar-refractivity contribution in [3.63, 3.8) is 0 Å². The van der Waals surface area contributed by atoms with Gasteiger partial charge in [0, 0.05) is 48.7 Å². The number of ether oxygens (including phenoxy) is 6. The number of aryl methyl sites for hydroxylation is 2. The number of halogens is 3. The van der Waals surface area contributed by atoms with E-state index in [4.69, 9.17) is 73.9 Å². The Morgan fingerprint density at radius 1 is 0.592 bits per heavy atom. The van der Waals surface area contributed by atoms with E-state index in [9.17, 15) is 0 Å². The van der Waals surface area contributed by atoms with Crippen LogP contribution >= 0.6 is 34.8 Å². The maximum atomic E-state index is 6.53. The molecule has 0 amide bonds. The number of likely N-dealkylation sites (N-methyl/N-ethyl adjacent to an activating group) is 2. The van der Waals surface area contributed by atoms with Crippen molar-refractivity contribution in [3.05, 3.63) is 136 Å². The summed E-state index contributed by atoms with van der Waals surface area (Å²) in [5, 5.41) is 4.61. The number of nitrogens with one attached hydrogen (secondary N) is 1. The van der Waals surface area contributed by atoms with E-state index in [1.54, 1.807) is 88.6 Å². The number of hydrogen-bond acceptors (Lipinski definition) is 18. The van der Waals surface area contributed by atoms with Gasteiger partial charge in [0.25, 0.3) is 0 Å². The van der Waals surface area contributed by atoms with Crippen LogP contribution in [0.25, 0.3) is 11.6 Å². The summed E-state index contributed by atoms with van der Waals surface area (Å²) >= 11 is 18.7. The number of fused-ring (bicyclic) bond motifs is 2. The smallest absolute Gasteiger partial charge is 0.229 e. The first-order valence-electron chi connectivity index (χ1n) is 21.7. The zero-order chi connectivity index (χ0) is 50.3. The van der Waals surface area contributed by atoms with E-state index in [1.807, 2.05) is 85.0 Å². The summed E-state index contributed by atoms with van der Waals surface area (Å²) < 4.78 is 36.5. The number of pyridine rings is 2. The van der Waals surface area contributed by atoms with Crippen molar-refractivity contribution in [1.82, 2.24) is 49.0 Å². The highest BCUT2D eigenvalue weighted by molar-refractivity contribution is 6.32. The number of methoxy groups -OCH3 is 4. The molecule has 71 heavy (non-hydrogen) atoms. The van der Waals surface area contributed by atoms with Crippen LogP contribution in [0.2, 0.25) is 15.3 Å². The number of nitrogen functional groups attached to an aromatic ring is 1. The average molecular weight is 1020 g/mol. The molecule has 2 aliphatic rings. The van der Waals surface area contributed by atoms with Crippen molar-refractivity contribution in [2.75, 3.05) is 76.6 Å². The fourth-order valence-corrected chi connectivity index (χ4v) is 8.31. The fraction of sp³-hybridized carbons (Fsp3) is 0.250. The zero-order valence-electron chi connectivity index (χ0n) is 39.8. The molecular formula is C48H49Cl3N14O6. The normalized spacial score (nSPS) is 14.5. The molecular weight excluding hydrogens is 975 g/mol. The minimum Gasteiger partial charge on any atom is -0.497 e. The molecule has 20 nitrogen and oxygen atoms in total. The Bertz CT molecular complexity index is 3160. The highest BCUT2D eigenvalue weighted by Gasteiger charge is 2.31. The number of anilines is 5. The minimum atomic E-state index is -0.122. The Hall–Kier alpha value is -7.81. The van der Waals surface area contributed by atoms with Gasteiger partial charge in [0.15, 0.2) is 46.3 Å². The van der Waals surface area contributed by atoms with Crippen LogP contribution in [0.5, 0.6) is 34.5 Å². The molecule has 23 heteroatoms. The minimum absolute atomic E-state index is 0.0538. The lowest BCUT2D eigenvalue weighted by molar-refractivity contribution is 0.265. The van der Waals surface area contributed by atoms with Crippen molar-refractivity contribution in [1.29, 1.82) is 0 Å². The van der Waals surface area contributed by atoms with E-state index in [-0.39, 0.29) is 17.4 Å². The number of benzene rings is 2. The third-order valence-electron chi connectivity index (χ3n) is 11.3. The van der Waals surface area contributed by atoms with Gasteiger partial charge < -0.3 is 49.3 Å². The van der Waals surface area contributed by atoms with Gasteiger partial charge in [0.2, 0.25) is 11.2 Å². The molecule has 0 radical (unpaired) electrons. The molecule has 0 saturated carbocycles. The Kier molecular flexibility index (Phi) is 15.3. The molecule has 6 aromatic heterocycles. The number of imidazole rings is 2. The topological polar surface area (TPSA) is 213 Å². The van der Waals surface area contributed by atoms with E-state index < -0.39 is 0 Å². The predicted molar refractivity (Wildman–Crippen MR) is 271 cm³/mol. The lowest BCUT2D eigenvalue weighted by Crippen LogP contribution is -2.34. The number of hydrogen-bond donors (Lipinski definition) is 2. The third kappa shape index (κ3) is 11.1. The SMILES string of the molecule is COc1cc(N)cnc1-n1cnc(C)c1.COc1ccc(C2COc3cnc(Cl)nc3N2C)c(Cl)c1.COc1ccc(C2COc3cnc(Nc4cnc(-n5cnc(C)c5)c(OC)c4)nc3N2C)c(Cl)c1. The largest absolute Gasteiger partial charge is 0.497 e. The van der Waals surface area contributed by atoms with Gasteiger partial charge in [-0.25, -0.2) is 29.9 Å². The average Bonchev–Trinajstić information content (AvgIpc) is 4.02. The van der Waals surface area contributed by atoms with Crippen LogP contribution < -0.4 is 49.3 Å². The van der Waals surface area contributed by atoms with E-state index in [1.165, 1.54) is 0 Å². The van der Waals surface area contributed by atoms with E-state index in [2.05, 4.69) is 40.2 Å². The molecule has 8 aromatic rings. The van der Waals surface area contributed by atoms with Crippen LogP contribution in [0, 0.1) is 13.8 Å². The van der Waals surface area contributed by atoms with Crippen molar-refractivity contribution in [2.45, 2.75) is 25.9 Å². The van der Waals surface area contributed by atoms with Gasteiger partial charge in [-0.15, -0.1) is 0 Å². The first-order chi connectivity index (χ1) is 34.3. The van der Waals surface area contributed by atoms with Crippen molar-refractivity contribution >= 4 is 63.8 Å². The molecule has 2 aliphatic heterocycles. The molecule has 2 unspecified atom stereocenters. The van der Waals surface area contributed by atoms with Crippen LogP contribution in [-0.4, -0.2) is 105 Å². The molecule has 368 valence electrons. The Labute approximate surface area is 424 Å². The third-order valence-corrected chi connectivity index (χ3v) is 12.1. The fourth-order valence-electron chi connectivity index (χ4n) is 7.58. The first-order valence-corrected chi connectivity index (χ1v) is 22.8. The lowest BCUT2D eigenvalue weighted by atomic mass is 10.0. The molecule has 10 rings (SSSR count). The van der Waals surface area contributed by atoms with Gasteiger partial charge in [-0.05, 0) is 60.8 Å². The van der Waals surface area contributed by atoms with Gasteiger partial charge in [0.05, 0.1) is 88.1 Å². The second-order valence-electron chi connectivity index (χ2n) is 15.9. The molecule has 0 fully saturated rings. The molecule has 0 saturated heterocycles. The van der Waals surface area contributed by atoms with Crippen LogP contribution in [0.15, 0.2) is 98.4 Å². The summed E-state index contributed by atoms with van der Waals surface area (Å²) in [5.74, 6) is 6.87. The summed E-state index contributed by atoms with van der Waals surface area (Å²) in [4.78, 5) is 38.4. The van der Waals surface area contributed by atoms with Crippen LogP contribution in [0.4, 0.5) is 29.0 Å². The molecule has 0 aliphatic carbocycles. The Balaban J connectivity index is 0.000000159. The highest BCUT2D eigenvalue weighted by atomic mass is 35.5. The van der Waals surface area contributed by atoms with Crippen molar-refractivity contribution in [2.24, 2.45) is 0 Å². The van der Waals surface area contributed by atoms with Gasteiger partial charge >= 0.3 is 0 Å². The van der Waals surface area contributed by atoms with Crippen molar-refractivity contribution < 1.29 is 28.4 Å². The highest BCUT2D eigenvalue weighted by Crippen LogP contribution is 2.41. The Morgan fingerprint density at radius 3 is 1.59 bits per heavy atom. The molecule has 3 N–H and O–H groups in total. The van der Waals surface area contributed by atoms with E-state index in [0.29, 0.717) is 98.4 Å². The van der Waals surface area contributed by atoms with Gasteiger partial charge in [-0.1, -0.05) is 35.3 Å². The standard InChI is InChI=1S/C24H24ClN7O3.C14H13Cl2N3O2.C10H12N4O/c1-14-11-32(13-28-14)22-20(34-4)7-15(9-26-22)29-24-27-10-21-23(30-24)31(2)19(12-35-21)17-6-5-16(33-3)8-18(17)25;1-19-11(9-4-3-8(20-2)5-10(9)15)7-21-12-6-17-14(16)18-13(12)19;1-7-5-14(6-13-7)10-9(15-2)3-8(11)4-12-10/h5-11,13,19H,12H2,1-4H3,(H,27,29,30);3-6,11H,7H2,1-2H3;3-6H,11H2,1-2H3. The Morgan fingerprint density at radius 2 is 1.10 bits per heavy atom.